The first-order chi connectivity index (χ1) is 8.93. The zero-order chi connectivity index (χ0) is 12.2. The molecule has 90 valence electrons. The van der Waals surface area contributed by atoms with Crippen LogP contribution in [-0.4, -0.2) is 25.3 Å². The van der Waals surface area contributed by atoms with Crippen LogP contribution in [0.25, 0.3) is 5.65 Å². The summed E-state index contributed by atoms with van der Waals surface area (Å²) in [6.45, 7) is 0. The third-order valence-corrected chi connectivity index (χ3v) is 3.63. The van der Waals surface area contributed by atoms with Crippen molar-refractivity contribution in [1.82, 2.24) is 19.6 Å². The summed E-state index contributed by atoms with van der Waals surface area (Å²) in [5.74, 6) is 0.990. The molecule has 0 fully saturated rings. The summed E-state index contributed by atoms with van der Waals surface area (Å²) in [7, 11) is 0. The Bertz CT molecular complexity index is 636. The standard InChI is InChI=1S/C13H12N4S/c1-2-4-11(5-3-1)6-9-18-13-12-16-15-10-17(12)8-7-14-13/h1-5,7-8,10H,6,9H2. The third-order valence-electron chi connectivity index (χ3n) is 2.66. The van der Waals surface area contributed by atoms with Crippen LogP contribution >= 0.6 is 11.8 Å². The molecule has 0 radical (unpaired) electrons. The second-order valence-corrected chi connectivity index (χ2v) is 4.96. The summed E-state index contributed by atoms with van der Waals surface area (Å²) in [4.78, 5) is 4.35. The Labute approximate surface area is 109 Å². The van der Waals surface area contributed by atoms with Crippen molar-refractivity contribution in [2.45, 2.75) is 11.4 Å². The zero-order valence-corrected chi connectivity index (χ0v) is 10.5. The van der Waals surface area contributed by atoms with Crippen molar-refractivity contribution >= 4 is 17.4 Å². The topological polar surface area (TPSA) is 43.1 Å². The van der Waals surface area contributed by atoms with E-state index in [4.69, 9.17) is 0 Å². The van der Waals surface area contributed by atoms with Gasteiger partial charge in [-0.15, -0.1) is 22.0 Å². The van der Waals surface area contributed by atoms with Crippen LogP contribution in [0, 0.1) is 0 Å². The van der Waals surface area contributed by atoms with Crippen molar-refractivity contribution in [3.63, 3.8) is 0 Å². The second-order valence-electron chi connectivity index (χ2n) is 3.88. The molecule has 3 rings (SSSR count). The maximum absolute atomic E-state index is 4.35. The van der Waals surface area contributed by atoms with E-state index in [0.29, 0.717) is 0 Å². The fourth-order valence-electron chi connectivity index (χ4n) is 1.75. The lowest BCUT2D eigenvalue weighted by molar-refractivity contribution is 1.03. The van der Waals surface area contributed by atoms with Gasteiger partial charge in [-0.3, -0.25) is 4.40 Å². The molecule has 0 bridgehead atoms. The number of nitrogens with zero attached hydrogens (tertiary/aromatic N) is 4. The molecular weight excluding hydrogens is 244 g/mol. The fourth-order valence-corrected chi connectivity index (χ4v) is 2.69. The van der Waals surface area contributed by atoms with Crippen molar-refractivity contribution < 1.29 is 0 Å². The predicted octanol–water partition coefficient (Wildman–Crippen LogP) is 2.46. The molecule has 18 heavy (non-hydrogen) atoms. The first kappa shape index (κ1) is 11.2. The van der Waals surface area contributed by atoms with Gasteiger partial charge in [0.05, 0.1) is 0 Å². The van der Waals surface area contributed by atoms with Gasteiger partial charge < -0.3 is 0 Å². The van der Waals surface area contributed by atoms with Crippen LogP contribution in [0.5, 0.6) is 0 Å². The Hall–Kier alpha value is -1.88. The van der Waals surface area contributed by atoms with Gasteiger partial charge in [-0.1, -0.05) is 30.3 Å². The summed E-state index contributed by atoms with van der Waals surface area (Å²) in [6.07, 6.45) is 6.36. The second kappa shape index (κ2) is 5.18. The number of hydrogen-bond acceptors (Lipinski definition) is 4. The van der Waals surface area contributed by atoms with Gasteiger partial charge >= 0.3 is 0 Å². The number of aryl methyl sites for hydroxylation is 1. The summed E-state index contributed by atoms with van der Waals surface area (Å²) >= 11 is 1.71. The molecule has 0 atom stereocenters. The quantitative estimate of drug-likeness (QED) is 0.673. The lowest BCUT2D eigenvalue weighted by Gasteiger charge is -2.02. The van der Waals surface area contributed by atoms with Crippen LogP contribution in [0.15, 0.2) is 54.1 Å². The monoisotopic (exact) mass is 256 g/mol. The van der Waals surface area contributed by atoms with Crippen LogP contribution in [0.4, 0.5) is 0 Å². The number of fused-ring (bicyclic) bond motifs is 1. The maximum Gasteiger partial charge on any atom is 0.193 e. The first-order valence-electron chi connectivity index (χ1n) is 5.74. The average molecular weight is 256 g/mol. The van der Waals surface area contributed by atoms with Crippen molar-refractivity contribution in [3.05, 3.63) is 54.6 Å². The minimum Gasteiger partial charge on any atom is -0.285 e. The number of benzene rings is 1. The van der Waals surface area contributed by atoms with Gasteiger partial charge in [-0.25, -0.2) is 4.98 Å². The fraction of sp³-hybridized carbons (Fsp3) is 0.154. The molecule has 0 N–H and O–H groups in total. The van der Waals surface area contributed by atoms with E-state index in [2.05, 4.69) is 39.4 Å². The Morgan fingerprint density at radius 2 is 2.06 bits per heavy atom. The molecule has 0 aliphatic heterocycles. The van der Waals surface area contributed by atoms with Crippen molar-refractivity contribution in [2.24, 2.45) is 0 Å². The van der Waals surface area contributed by atoms with Crippen molar-refractivity contribution in [2.75, 3.05) is 5.75 Å². The molecule has 0 aliphatic carbocycles. The number of aromatic nitrogens is 4. The molecule has 1 aromatic carbocycles. The van der Waals surface area contributed by atoms with Crippen LogP contribution in [0.3, 0.4) is 0 Å². The molecule has 0 spiro atoms. The highest BCUT2D eigenvalue weighted by Gasteiger charge is 2.05. The van der Waals surface area contributed by atoms with Gasteiger partial charge in [0.1, 0.15) is 11.4 Å². The Morgan fingerprint density at radius 1 is 1.17 bits per heavy atom. The highest BCUT2D eigenvalue weighted by atomic mass is 32.2. The largest absolute Gasteiger partial charge is 0.285 e. The van der Waals surface area contributed by atoms with E-state index in [9.17, 15) is 0 Å². The van der Waals surface area contributed by atoms with Crippen molar-refractivity contribution in [3.8, 4) is 0 Å². The molecule has 3 aromatic rings. The molecule has 0 unspecified atom stereocenters. The van der Waals surface area contributed by atoms with Crippen molar-refractivity contribution in [1.29, 1.82) is 0 Å². The highest BCUT2D eigenvalue weighted by molar-refractivity contribution is 7.99. The van der Waals surface area contributed by atoms with Crippen LogP contribution < -0.4 is 0 Å². The lowest BCUT2D eigenvalue weighted by atomic mass is 10.2. The van der Waals surface area contributed by atoms with Gasteiger partial charge in [-0.2, -0.15) is 0 Å². The molecule has 5 heteroatoms. The van der Waals surface area contributed by atoms with E-state index < -0.39 is 0 Å². The van der Waals surface area contributed by atoms with E-state index in [0.717, 1.165) is 22.8 Å². The molecule has 4 nitrogen and oxygen atoms in total. The van der Waals surface area contributed by atoms with Crippen LogP contribution in [0.2, 0.25) is 0 Å². The third kappa shape index (κ3) is 2.36. The van der Waals surface area contributed by atoms with E-state index in [1.165, 1.54) is 5.56 Å². The predicted molar refractivity (Wildman–Crippen MR) is 71.7 cm³/mol. The normalized spacial score (nSPS) is 10.9. The smallest absolute Gasteiger partial charge is 0.193 e. The Morgan fingerprint density at radius 3 is 2.94 bits per heavy atom. The number of hydrogen-bond donors (Lipinski definition) is 0. The lowest BCUT2D eigenvalue weighted by Crippen LogP contribution is -1.92. The number of thioether (sulfide) groups is 1. The minimum atomic E-state index is 0.829. The van der Waals surface area contributed by atoms with Gasteiger partial charge in [0.2, 0.25) is 0 Å². The van der Waals surface area contributed by atoms with E-state index in [-0.39, 0.29) is 0 Å². The van der Waals surface area contributed by atoms with E-state index in [1.807, 2.05) is 16.7 Å². The molecule has 0 saturated carbocycles. The highest BCUT2D eigenvalue weighted by Crippen LogP contribution is 2.20. The molecule has 0 saturated heterocycles. The average Bonchev–Trinajstić information content (AvgIpc) is 2.89. The summed E-state index contributed by atoms with van der Waals surface area (Å²) in [6, 6.07) is 10.5. The maximum atomic E-state index is 4.35. The summed E-state index contributed by atoms with van der Waals surface area (Å²) in [5, 5.41) is 8.90. The summed E-state index contributed by atoms with van der Waals surface area (Å²) < 4.78 is 1.89. The van der Waals surface area contributed by atoms with Gasteiger partial charge in [-0.05, 0) is 12.0 Å². The van der Waals surface area contributed by atoms with E-state index in [1.54, 1.807) is 24.3 Å². The Balaban J connectivity index is 1.68. The van der Waals surface area contributed by atoms with Gasteiger partial charge in [0.15, 0.2) is 5.65 Å². The molecule has 2 aromatic heterocycles. The summed E-state index contributed by atoms with van der Waals surface area (Å²) in [5.41, 5.74) is 2.17. The van der Waals surface area contributed by atoms with Crippen LogP contribution in [-0.2, 0) is 6.42 Å². The molecule has 0 amide bonds. The zero-order valence-electron chi connectivity index (χ0n) is 9.73. The van der Waals surface area contributed by atoms with Gasteiger partial charge in [0.25, 0.3) is 0 Å². The minimum absolute atomic E-state index is 0.829. The Kier molecular flexibility index (Phi) is 3.23. The molecule has 2 heterocycles. The number of rotatable bonds is 4. The first-order valence-corrected chi connectivity index (χ1v) is 6.73. The van der Waals surface area contributed by atoms with Crippen LogP contribution in [0.1, 0.15) is 5.56 Å². The molecule has 0 aliphatic rings. The van der Waals surface area contributed by atoms with E-state index >= 15 is 0 Å². The SMILES string of the molecule is c1ccc(CCSc2nccn3cnnc23)cc1. The molecular formula is C13H12N4S. The van der Waals surface area contributed by atoms with Gasteiger partial charge in [0, 0.05) is 18.1 Å².